The summed E-state index contributed by atoms with van der Waals surface area (Å²) in [5, 5.41) is 19.9. The highest BCUT2D eigenvalue weighted by Gasteiger charge is 2.49. The quantitative estimate of drug-likeness (QED) is 0.882. The van der Waals surface area contributed by atoms with Crippen molar-refractivity contribution >= 4 is 11.9 Å². The zero-order valence-electron chi connectivity index (χ0n) is 13.9. The van der Waals surface area contributed by atoms with Gasteiger partial charge in [0, 0.05) is 25.0 Å². The first-order chi connectivity index (χ1) is 10.8. The maximum Gasteiger partial charge on any atom is 0.314 e. The van der Waals surface area contributed by atoms with Gasteiger partial charge in [-0.1, -0.05) is 13.3 Å². The minimum atomic E-state index is -1.28. The number of aryl methyl sites for hydroxylation is 2. The Kier molecular flexibility index (Phi) is 5.04. The molecule has 0 spiro atoms. The molecule has 1 amide bonds. The van der Waals surface area contributed by atoms with Crippen molar-refractivity contribution in [2.45, 2.75) is 46.1 Å². The van der Waals surface area contributed by atoms with Gasteiger partial charge in [0.1, 0.15) is 5.41 Å². The van der Waals surface area contributed by atoms with Crippen molar-refractivity contribution in [3.05, 3.63) is 29.1 Å². The Hall–Kier alpha value is -1.95. The van der Waals surface area contributed by atoms with Gasteiger partial charge in [0.25, 0.3) is 5.91 Å². The third-order valence-electron chi connectivity index (χ3n) is 4.67. The Morgan fingerprint density at radius 1 is 1.43 bits per heavy atom. The third-order valence-corrected chi connectivity index (χ3v) is 4.67. The van der Waals surface area contributed by atoms with Crippen molar-refractivity contribution in [1.29, 1.82) is 0 Å². The zero-order chi connectivity index (χ0) is 17.2. The fourth-order valence-electron chi connectivity index (χ4n) is 3.35. The van der Waals surface area contributed by atoms with Crippen LogP contribution in [0.5, 0.6) is 0 Å². The second kappa shape index (κ2) is 6.66. The second-order valence-corrected chi connectivity index (χ2v) is 6.38. The van der Waals surface area contributed by atoms with Crippen molar-refractivity contribution in [3.63, 3.8) is 0 Å². The van der Waals surface area contributed by atoms with Crippen LogP contribution >= 0.6 is 0 Å². The smallest absolute Gasteiger partial charge is 0.314 e. The van der Waals surface area contributed by atoms with Gasteiger partial charge >= 0.3 is 5.97 Å². The normalized spacial score (nSPS) is 24.5. The number of hydrogen-bond donors (Lipinski definition) is 2. The maximum atomic E-state index is 12.8. The van der Waals surface area contributed by atoms with Gasteiger partial charge in [-0.05, 0) is 38.3 Å². The number of rotatable bonds is 4. The van der Waals surface area contributed by atoms with E-state index in [2.05, 4.69) is 4.98 Å². The predicted octanol–water partition coefficient (Wildman–Crippen LogP) is 1.78. The van der Waals surface area contributed by atoms with Crippen molar-refractivity contribution in [3.8, 4) is 0 Å². The standard InChI is InChI=1S/C17H24N2O4/c1-4-6-17(16(22)23)10-19(7-5-14(17)20)15(21)13-9-18-12(3)8-11(13)2/h8-9,14,20H,4-7,10H2,1-3H3,(H,22,23)/t14-,17-/m1/s1. The molecule has 2 heterocycles. The molecule has 0 saturated carbocycles. The summed E-state index contributed by atoms with van der Waals surface area (Å²) in [6, 6.07) is 1.84. The third kappa shape index (κ3) is 3.22. The minimum Gasteiger partial charge on any atom is -0.481 e. The Morgan fingerprint density at radius 2 is 2.13 bits per heavy atom. The van der Waals surface area contributed by atoms with E-state index >= 15 is 0 Å². The largest absolute Gasteiger partial charge is 0.481 e. The van der Waals surface area contributed by atoms with Gasteiger partial charge in [-0.2, -0.15) is 0 Å². The fraction of sp³-hybridized carbons (Fsp3) is 0.588. The van der Waals surface area contributed by atoms with E-state index in [4.69, 9.17) is 0 Å². The molecule has 0 aliphatic carbocycles. The zero-order valence-corrected chi connectivity index (χ0v) is 13.9. The van der Waals surface area contributed by atoms with Crippen LogP contribution in [0.1, 0.15) is 47.8 Å². The van der Waals surface area contributed by atoms with Crippen LogP contribution in [0.25, 0.3) is 0 Å². The molecule has 1 saturated heterocycles. The molecule has 1 aromatic rings. The predicted molar refractivity (Wildman–Crippen MR) is 85.2 cm³/mol. The minimum absolute atomic E-state index is 0.0312. The highest BCUT2D eigenvalue weighted by Crippen LogP contribution is 2.36. The van der Waals surface area contributed by atoms with E-state index in [0.29, 0.717) is 24.9 Å². The molecule has 6 nitrogen and oxygen atoms in total. The molecular weight excluding hydrogens is 296 g/mol. The van der Waals surface area contributed by atoms with Crippen molar-refractivity contribution in [2.24, 2.45) is 5.41 Å². The van der Waals surface area contributed by atoms with Gasteiger partial charge in [-0.15, -0.1) is 0 Å². The highest BCUT2D eigenvalue weighted by atomic mass is 16.4. The average Bonchev–Trinajstić information content (AvgIpc) is 2.49. The number of amides is 1. The van der Waals surface area contributed by atoms with Crippen LogP contribution in [0, 0.1) is 19.3 Å². The molecule has 1 aliphatic heterocycles. The van der Waals surface area contributed by atoms with Crippen LogP contribution in [0.2, 0.25) is 0 Å². The number of aromatic nitrogens is 1. The summed E-state index contributed by atoms with van der Waals surface area (Å²) in [6.07, 6.45) is 1.87. The lowest BCUT2D eigenvalue weighted by Gasteiger charge is -2.43. The van der Waals surface area contributed by atoms with Gasteiger partial charge in [0.05, 0.1) is 11.7 Å². The first-order valence-electron chi connectivity index (χ1n) is 7.96. The van der Waals surface area contributed by atoms with E-state index in [-0.39, 0.29) is 18.9 Å². The first-order valence-corrected chi connectivity index (χ1v) is 7.96. The summed E-state index contributed by atoms with van der Waals surface area (Å²) in [4.78, 5) is 30.3. The maximum absolute atomic E-state index is 12.8. The number of pyridine rings is 1. The molecule has 0 bridgehead atoms. The molecule has 6 heteroatoms. The number of nitrogens with zero attached hydrogens (tertiary/aromatic N) is 2. The summed E-state index contributed by atoms with van der Waals surface area (Å²) in [6.45, 7) is 5.97. The van der Waals surface area contributed by atoms with Gasteiger partial charge in [0.15, 0.2) is 0 Å². The van der Waals surface area contributed by atoms with E-state index in [9.17, 15) is 19.8 Å². The summed E-state index contributed by atoms with van der Waals surface area (Å²) in [7, 11) is 0. The van der Waals surface area contributed by atoms with E-state index in [1.165, 1.54) is 4.90 Å². The van der Waals surface area contributed by atoms with Crippen molar-refractivity contribution < 1.29 is 19.8 Å². The lowest BCUT2D eigenvalue weighted by molar-refractivity contribution is -0.162. The number of aliphatic hydroxyl groups is 1. The second-order valence-electron chi connectivity index (χ2n) is 6.38. The number of carboxylic acid groups (broad SMARTS) is 1. The van der Waals surface area contributed by atoms with Crippen molar-refractivity contribution in [1.82, 2.24) is 9.88 Å². The van der Waals surface area contributed by atoms with E-state index in [1.54, 1.807) is 6.20 Å². The number of hydrogen-bond acceptors (Lipinski definition) is 4. The molecule has 1 aromatic heterocycles. The molecule has 23 heavy (non-hydrogen) atoms. The number of carbonyl (C=O) groups excluding carboxylic acids is 1. The Morgan fingerprint density at radius 3 is 2.70 bits per heavy atom. The summed E-state index contributed by atoms with van der Waals surface area (Å²) in [5.41, 5.74) is 0.862. The van der Waals surface area contributed by atoms with Crippen LogP contribution < -0.4 is 0 Å². The summed E-state index contributed by atoms with van der Waals surface area (Å²) in [5.74, 6) is -1.26. The fourth-order valence-corrected chi connectivity index (χ4v) is 3.35. The molecule has 0 radical (unpaired) electrons. The monoisotopic (exact) mass is 320 g/mol. The van der Waals surface area contributed by atoms with Gasteiger partial charge in [-0.3, -0.25) is 14.6 Å². The molecule has 0 unspecified atom stereocenters. The summed E-state index contributed by atoms with van der Waals surface area (Å²) < 4.78 is 0. The lowest BCUT2D eigenvalue weighted by atomic mass is 9.74. The molecular formula is C17H24N2O4. The van der Waals surface area contributed by atoms with Crippen LogP contribution in [0.3, 0.4) is 0 Å². The molecule has 1 fully saturated rings. The summed E-state index contributed by atoms with van der Waals surface area (Å²) >= 11 is 0. The van der Waals surface area contributed by atoms with E-state index < -0.39 is 17.5 Å². The molecule has 126 valence electrons. The van der Waals surface area contributed by atoms with Crippen LogP contribution in [-0.4, -0.2) is 51.2 Å². The Labute approximate surface area is 136 Å². The number of aliphatic hydroxyl groups excluding tert-OH is 1. The molecule has 2 rings (SSSR count). The topological polar surface area (TPSA) is 90.7 Å². The molecule has 2 atom stereocenters. The van der Waals surface area contributed by atoms with E-state index in [0.717, 1.165) is 11.3 Å². The number of carboxylic acids is 1. The number of piperidine rings is 1. The van der Waals surface area contributed by atoms with Gasteiger partial charge in [0.2, 0.25) is 0 Å². The SMILES string of the molecule is CCC[C@@]1(C(=O)O)CN(C(=O)c2cnc(C)cc2C)CC[C@H]1O. The molecule has 1 aliphatic rings. The lowest BCUT2D eigenvalue weighted by Crippen LogP contribution is -2.57. The van der Waals surface area contributed by atoms with E-state index in [1.807, 2.05) is 26.8 Å². The Balaban J connectivity index is 2.30. The van der Waals surface area contributed by atoms with Crippen molar-refractivity contribution in [2.75, 3.05) is 13.1 Å². The van der Waals surface area contributed by atoms with Crippen LogP contribution in [0.15, 0.2) is 12.3 Å². The molecule has 2 N–H and O–H groups in total. The van der Waals surface area contributed by atoms with Crippen LogP contribution in [0.4, 0.5) is 0 Å². The number of aliphatic carboxylic acids is 1. The molecule has 0 aromatic carbocycles. The average molecular weight is 320 g/mol. The van der Waals surface area contributed by atoms with Gasteiger partial charge < -0.3 is 15.1 Å². The Bertz CT molecular complexity index is 617. The first kappa shape index (κ1) is 17.4. The number of likely N-dealkylation sites (tertiary alicyclic amines) is 1. The highest BCUT2D eigenvalue weighted by molar-refractivity contribution is 5.96. The van der Waals surface area contributed by atoms with Gasteiger partial charge in [-0.25, -0.2) is 0 Å². The van der Waals surface area contributed by atoms with Crippen LogP contribution in [-0.2, 0) is 4.79 Å². The number of carbonyl (C=O) groups is 2.